The Balaban J connectivity index is 2.09. The van der Waals surface area contributed by atoms with Crippen LogP contribution in [0.5, 0.6) is 0 Å². The Bertz CT molecular complexity index is 581. The lowest BCUT2D eigenvalue weighted by Crippen LogP contribution is -2.67. The lowest BCUT2D eigenvalue weighted by atomic mass is 9.68. The van der Waals surface area contributed by atoms with Gasteiger partial charge in [0.05, 0.1) is 18.6 Å². The number of carbonyl (C=O) groups is 1. The summed E-state index contributed by atoms with van der Waals surface area (Å²) in [6, 6.07) is 0. The fourth-order valence-electron chi connectivity index (χ4n) is 5.13. The maximum Gasteiger partial charge on any atom is 0.231 e. The molecular weight excluding hydrogens is 334 g/mol. The van der Waals surface area contributed by atoms with Gasteiger partial charge in [0.2, 0.25) is 5.91 Å². The first-order valence-electron chi connectivity index (χ1n) is 9.71. The molecule has 0 radical (unpaired) electrons. The van der Waals surface area contributed by atoms with Crippen molar-refractivity contribution in [3.63, 3.8) is 0 Å². The summed E-state index contributed by atoms with van der Waals surface area (Å²) < 4.78 is 6.03. The van der Waals surface area contributed by atoms with Crippen LogP contribution >= 0.6 is 0 Å². The van der Waals surface area contributed by atoms with Crippen LogP contribution in [0.1, 0.15) is 53.4 Å². The zero-order valence-corrected chi connectivity index (χ0v) is 16.3. The Morgan fingerprint density at radius 2 is 2.12 bits per heavy atom. The molecule has 148 valence electrons. The Morgan fingerprint density at radius 3 is 2.65 bits per heavy atom. The van der Waals surface area contributed by atoms with E-state index >= 15 is 0 Å². The summed E-state index contributed by atoms with van der Waals surface area (Å²) in [5, 5.41) is 32.4. The maximum atomic E-state index is 13.3. The van der Waals surface area contributed by atoms with Crippen LogP contribution in [0, 0.1) is 17.3 Å². The van der Waals surface area contributed by atoms with Gasteiger partial charge >= 0.3 is 0 Å². The molecule has 0 aromatic heterocycles. The molecule has 1 amide bonds. The number of ether oxygens (including phenoxy) is 1. The van der Waals surface area contributed by atoms with E-state index in [1.807, 2.05) is 26.8 Å². The number of amides is 1. The first-order valence-corrected chi connectivity index (χ1v) is 9.71. The topological polar surface area (TPSA) is 90.2 Å². The molecule has 2 fully saturated rings. The number of rotatable bonds is 4. The maximum absolute atomic E-state index is 13.3. The smallest absolute Gasteiger partial charge is 0.231 e. The highest BCUT2D eigenvalue weighted by molar-refractivity contribution is 5.85. The van der Waals surface area contributed by atoms with Crippen molar-refractivity contribution in [1.82, 2.24) is 4.90 Å². The van der Waals surface area contributed by atoms with E-state index in [-0.39, 0.29) is 36.9 Å². The van der Waals surface area contributed by atoms with Crippen molar-refractivity contribution in [2.75, 3.05) is 13.2 Å². The molecule has 0 aromatic carbocycles. The average Bonchev–Trinajstić information content (AvgIpc) is 3.07. The van der Waals surface area contributed by atoms with E-state index in [4.69, 9.17) is 4.74 Å². The summed E-state index contributed by atoms with van der Waals surface area (Å²) >= 11 is 0. The molecule has 6 heteroatoms. The number of nitrogens with zero attached hydrogens (tertiary/aromatic N) is 1. The van der Waals surface area contributed by atoms with E-state index < -0.39 is 29.4 Å². The third-order valence-corrected chi connectivity index (χ3v) is 6.56. The number of hydrogen-bond donors (Lipinski definition) is 3. The molecule has 6 atom stereocenters. The first kappa shape index (κ1) is 19.8. The number of aliphatic hydroxyl groups excluding tert-OH is 2. The van der Waals surface area contributed by atoms with Gasteiger partial charge in [-0.3, -0.25) is 4.79 Å². The van der Waals surface area contributed by atoms with E-state index in [1.54, 1.807) is 11.8 Å². The number of hydrogen-bond acceptors (Lipinski definition) is 5. The molecule has 26 heavy (non-hydrogen) atoms. The van der Waals surface area contributed by atoms with Crippen molar-refractivity contribution in [3.8, 4) is 0 Å². The van der Waals surface area contributed by atoms with Crippen molar-refractivity contribution in [1.29, 1.82) is 0 Å². The van der Waals surface area contributed by atoms with Crippen LogP contribution in [0.15, 0.2) is 12.2 Å². The predicted molar refractivity (Wildman–Crippen MR) is 97.1 cm³/mol. The van der Waals surface area contributed by atoms with Gasteiger partial charge in [0.15, 0.2) is 0 Å². The standard InChI is InChI=1S/C20H33NO5/c1-18(2,3)17-21-16(24)14(10-11-22)19(4,25)20(21,12-26-17)15(23)13-8-6-5-7-9-13/h6,8,13-15,17,22-23,25H,5,7,9-12H2,1-4H3/t13-,14+,15-,17+,19+,20-/m1/s1. The highest BCUT2D eigenvalue weighted by Crippen LogP contribution is 2.55. The summed E-state index contributed by atoms with van der Waals surface area (Å²) in [5.41, 5.74) is -3.05. The zero-order valence-electron chi connectivity index (χ0n) is 16.3. The van der Waals surface area contributed by atoms with Gasteiger partial charge in [-0.25, -0.2) is 0 Å². The Hall–Kier alpha value is -0.950. The van der Waals surface area contributed by atoms with Crippen LogP contribution in [0.3, 0.4) is 0 Å². The molecule has 2 heterocycles. The van der Waals surface area contributed by atoms with Gasteiger partial charge in [-0.1, -0.05) is 32.9 Å². The third kappa shape index (κ3) is 2.65. The van der Waals surface area contributed by atoms with Gasteiger partial charge < -0.3 is 25.0 Å². The third-order valence-electron chi connectivity index (χ3n) is 6.56. The van der Waals surface area contributed by atoms with Crippen LogP contribution < -0.4 is 0 Å². The quantitative estimate of drug-likeness (QED) is 0.654. The average molecular weight is 367 g/mol. The molecule has 0 saturated carbocycles. The van der Waals surface area contributed by atoms with Gasteiger partial charge in [0, 0.05) is 17.9 Å². The van der Waals surface area contributed by atoms with Crippen LogP contribution in [-0.4, -0.2) is 62.8 Å². The summed E-state index contributed by atoms with van der Waals surface area (Å²) in [7, 11) is 0. The van der Waals surface area contributed by atoms with Gasteiger partial charge in [0.1, 0.15) is 17.4 Å². The molecule has 0 spiro atoms. The van der Waals surface area contributed by atoms with Crippen molar-refractivity contribution in [2.45, 2.75) is 76.9 Å². The molecule has 3 N–H and O–H groups in total. The van der Waals surface area contributed by atoms with E-state index in [0.29, 0.717) is 0 Å². The minimum absolute atomic E-state index is 0.0983. The van der Waals surface area contributed by atoms with Crippen LogP contribution in [-0.2, 0) is 9.53 Å². The summed E-state index contributed by atoms with van der Waals surface area (Å²) in [4.78, 5) is 14.9. The van der Waals surface area contributed by atoms with Crippen LogP contribution in [0.2, 0.25) is 0 Å². The molecular formula is C20H33NO5. The Morgan fingerprint density at radius 1 is 1.42 bits per heavy atom. The molecule has 0 bridgehead atoms. The molecule has 3 rings (SSSR count). The predicted octanol–water partition coefficient (Wildman–Crippen LogP) is 1.44. The summed E-state index contributed by atoms with van der Waals surface area (Å²) in [6.07, 6.45) is 5.59. The van der Waals surface area contributed by atoms with Crippen molar-refractivity contribution < 1.29 is 24.9 Å². The molecule has 3 aliphatic rings. The molecule has 2 saturated heterocycles. The van der Waals surface area contributed by atoms with Gasteiger partial charge in [-0.2, -0.15) is 0 Å². The molecule has 6 nitrogen and oxygen atoms in total. The highest BCUT2D eigenvalue weighted by atomic mass is 16.5. The molecule has 2 aliphatic heterocycles. The number of allylic oxidation sites excluding steroid dienone is 1. The number of carbonyl (C=O) groups excluding carboxylic acids is 1. The van der Waals surface area contributed by atoms with Crippen molar-refractivity contribution in [3.05, 3.63) is 12.2 Å². The van der Waals surface area contributed by atoms with Crippen molar-refractivity contribution in [2.24, 2.45) is 17.3 Å². The largest absolute Gasteiger partial charge is 0.396 e. The van der Waals surface area contributed by atoms with Gasteiger partial charge in [-0.05, 0) is 32.6 Å². The second-order valence-electron chi connectivity index (χ2n) is 9.34. The normalized spacial score (nSPS) is 41.6. The van der Waals surface area contributed by atoms with Gasteiger partial charge in [-0.15, -0.1) is 0 Å². The van der Waals surface area contributed by atoms with E-state index in [2.05, 4.69) is 6.08 Å². The lowest BCUT2D eigenvalue weighted by molar-refractivity contribution is -0.149. The second kappa shape index (κ2) is 6.59. The summed E-state index contributed by atoms with van der Waals surface area (Å²) in [5.74, 6) is -1.11. The monoisotopic (exact) mass is 367 g/mol. The van der Waals surface area contributed by atoms with E-state index in [0.717, 1.165) is 19.3 Å². The lowest BCUT2D eigenvalue weighted by Gasteiger charge is -2.47. The van der Waals surface area contributed by atoms with E-state index in [1.165, 1.54) is 0 Å². The minimum atomic E-state index is -1.49. The van der Waals surface area contributed by atoms with Crippen LogP contribution in [0.25, 0.3) is 0 Å². The van der Waals surface area contributed by atoms with Crippen LogP contribution in [0.4, 0.5) is 0 Å². The molecule has 1 aliphatic carbocycles. The molecule has 0 unspecified atom stereocenters. The zero-order chi connectivity index (χ0) is 19.3. The van der Waals surface area contributed by atoms with Gasteiger partial charge in [0.25, 0.3) is 0 Å². The minimum Gasteiger partial charge on any atom is -0.396 e. The first-order chi connectivity index (χ1) is 12.1. The fourth-order valence-corrected chi connectivity index (χ4v) is 5.13. The van der Waals surface area contributed by atoms with Crippen molar-refractivity contribution >= 4 is 5.91 Å². The molecule has 0 aromatic rings. The Labute approximate surface area is 155 Å². The van der Waals surface area contributed by atoms with E-state index in [9.17, 15) is 20.1 Å². The second-order valence-corrected chi connectivity index (χ2v) is 9.34. The Kier molecular flexibility index (Phi) is 5.02. The number of fused-ring (bicyclic) bond motifs is 1. The fraction of sp³-hybridized carbons (Fsp3) is 0.850. The summed E-state index contributed by atoms with van der Waals surface area (Å²) in [6.45, 7) is 7.50. The SMILES string of the molecule is CC(C)(C)[C@@H]1OC[C@]2([C@H](O)[C@@H]3C=CCCC3)N1C(=O)[C@H](CCO)[C@]2(C)O. The highest BCUT2D eigenvalue weighted by Gasteiger charge is 2.74. The number of aliphatic hydroxyl groups is 3.